The van der Waals surface area contributed by atoms with Gasteiger partial charge in [-0.3, -0.25) is 9.59 Å². The van der Waals surface area contributed by atoms with Gasteiger partial charge in [-0.15, -0.1) is 0 Å². The number of hydrogen-bond acceptors (Lipinski definition) is 5. The van der Waals surface area contributed by atoms with E-state index in [9.17, 15) is 14.7 Å². The van der Waals surface area contributed by atoms with Crippen LogP contribution >= 0.6 is 11.6 Å². The molecule has 1 amide bonds. The number of rotatable bonds is 8. The van der Waals surface area contributed by atoms with Crippen molar-refractivity contribution in [2.24, 2.45) is 0 Å². The summed E-state index contributed by atoms with van der Waals surface area (Å²) in [6, 6.07) is 8.71. The van der Waals surface area contributed by atoms with E-state index in [2.05, 4.69) is 5.32 Å². The molecule has 8 heteroatoms. The number of carboxylic acids is 1. The maximum atomic E-state index is 12.6. The second-order valence-electron chi connectivity index (χ2n) is 5.58. The number of hydrogen-bond donors (Lipinski definition) is 2. The van der Waals surface area contributed by atoms with Gasteiger partial charge in [-0.05, 0) is 30.3 Å². The Balaban J connectivity index is 2.34. The highest BCUT2D eigenvalue weighted by molar-refractivity contribution is 6.32. The second-order valence-corrected chi connectivity index (χ2v) is 5.99. The van der Waals surface area contributed by atoms with Crippen LogP contribution in [0, 0.1) is 0 Å². The Labute approximate surface area is 161 Å². The van der Waals surface area contributed by atoms with Crippen molar-refractivity contribution < 1.29 is 28.9 Å². The van der Waals surface area contributed by atoms with E-state index in [1.165, 1.54) is 39.5 Å². The minimum absolute atomic E-state index is 0.291. The van der Waals surface area contributed by atoms with E-state index in [4.69, 9.17) is 25.8 Å². The Kier molecular flexibility index (Phi) is 6.90. The maximum Gasteiger partial charge on any atom is 0.305 e. The first-order valence-corrected chi connectivity index (χ1v) is 8.35. The van der Waals surface area contributed by atoms with Gasteiger partial charge in [0.15, 0.2) is 0 Å². The van der Waals surface area contributed by atoms with Gasteiger partial charge in [0.2, 0.25) is 0 Å². The van der Waals surface area contributed by atoms with Gasteiger partial charge in [0.25, 0.3) is 5.91 Å². The number of benzene rings is 2. The molecule has 0 aliphatic rings. The zero-order valence-corrected chi connectivity index (χ0v) is 15.9. The van der Waals surface area contributed by atoms with Crippen molar-refractivity contribution >= 4 is 23.5 Å². The van der Waals surface area contributed by atoms with E-state index in [0.717, 1.165) is 0 Å². The van der Waals surface area contributed by atoms with Gasteiger partial charge in [-0.25, -0.2) is 0 Å². The smallest absolute Gasteiger partial charge is 0.305 e. The minimum Gasteiger partial charge on any atom is -0.497 e. The highest BCUT2D eigenvalue weighted by Crippen LogP contribution is 2.32. The van der Waals surface area contributed by atoms with E-state index in [1.54, 1.807) is 18.2 Å². The van der Waals surface area contributed by atoms with Crippen LogP contribution in [0.25, 0.3) is 0 Å². The number of methoxy groups -OCH3 is 3. The molecule has 2 N–H and O–H groups in total. The molecular formula is C19H20ClNO6. The lowest BCUT2D eigenvalue weighted by Crippen LogP contribution is -2.30. The Morgan fingerprint density at radius 3 is 2.33 bits per heavy atom. The standard InChI is InChI=1S/C19H20ClNO6/c1-25-12-5-6-13(16(9-12)26-2)15(10-18(22)23)21-19(24)11-4-7-14(20)17(8-11)27-3/h4-9,15H,10H2,1-3H3,(H,21,24)(H,22,23). The highest BCUT2D eigenvalue weighted by atomic mass is 35.5. The molecule has 0 spiro atoms. The Bertz CT molecular complexity index is 839. The first-order chi connectivity index (χ1) is 12.9. The number of carbonyl (C=O) groups excluding carboxylic acids is 1. The third-order valence-electron chi connectivity index (χ3n) is 3.91. The van der Waals surface area contributed by atoms with Crippen LogP contribution in [-0.4, -0.2) is 38.3 Å². The summed E-state index contributed by atoms with van der Waals surface area (Å²) in [4.78, 5) is 24.0. The van der Waals surface area contributed by atoms with Crippen LogP contribution in [0.1, 0.15) is 28.4 Å². The molecule has 0 saturated carbocycles. The number of ether oxygens (including phenoxy) is 3. The Hall–Kier alpha value is -2.93. The predicted molar refractivity (Wildman–Crippen MR) is 100 cm³/mol. The van der Waals surface area contributed by atoms with Crippen LogP contribution in [0.5, 0.6) is 17.2 Å². The molecule has 144 valence electrons. The molecule has 0 aliphatic carbocycles. The summed E-state index contributed by atoms with van der Waals surface area (Å²) in [6.45, 7) is 0. The third kappa shape index (κ3) is 5.04. The Morgan fingerprint density at radius 1 is 1.04 bits per heavy atom. The number of aliphatic carboxylic acids is 1. The lowest BCUT2D eigenvalue weighted by molar-refractivity contribution is -0.137. The summed E-state index contributed by atoms with van der Waals surface area (Å²) in [5.74, 6) is -0.213. The largest absolute Gasteiger partial charge is 0.497 e. The third-order valence-corrected chi connectivity index (χ3v) is 4.23. The SMILES string of the molecule is COc1ccc(C(CC(=O)O)NC(=O)c2ccc(Cl)c(OC)c2)c(OC)c1. The lowest BCUT2D eigenvalue weighted by atomic mass is 10.0. The number of carboxylic acid groups (broad SMARTS) is 1. The lowest BCUT2D eigenvalue weighted by Gasteiger charge is -2.20. The van der Waals surface area contributed by atoms with Crippen molar-refractivity contribution in [3.8, 4) is 17.2 Å². The van der Waals surface area contributed by atoms with Crippen molar-refractivity contribution in [1.29, 1.82) is 0 Å². The first-order valence-electron chi connectivity index (χ1n) is 7.97. The van der Waals surface area contributed by atoms with Crippen molar-refractivity contribution in [3.05, 3.63) is 52.5 Å². The predicted octanol–water partition coefficient (Wildman–Crippen LogP) is 3.31. The van der Waals surface area contributed by atoms with Crippen molar-refractivity contribution in [3.63, 3.8) is 0 Å². The molecular weight excluding hydrogens is 374 g/mol. The first kappa shape index (κ1) is 20.4. The summed E-state index contributed by atoms with van der Waals surface area (Å²) in [5.41, 5.74) is 0.814. The van der Waals surface area contributed by atoms with Gasteiger partial charge in [0.1, 0.15) is 17.2 Å². The summed E-state index contributed by atoms with van der Waals surface area (Å²) in [5, 5.41) is 12.4. The van der Waals surface area contributed by atoms with Gasteiger partial charge in [-0.1, -0.05) is 11.6 Å². The molecule has 2 aromatic carbocycles. The number of nitrogens with one attached hydrogen (secondary N) is 1. The highest BCUT2D eigenvalue weighted by Gasteiger charge is 2.23. The van der Waals surface area contributed by atoms with Crippen molar-refractivity contribution in [2.45, 2.75) is 12.5 Å². The normalized spacial score (nSPS) is 11.4. The molecule has 0 heterocycles. The topological polar surface area (TPSA) is 94.1 Å². The average Bonchev–Trinajstić information content (AvgIpc) is 2.66. The van der Waals surface area contributed by atoms with Crippen LogP contribution in [0.2, 0.25) is 5.02 Å². The molecule has 0 aromatic heterocycles. The molecule has 27 heavy (non-hydrogen) atoms. The van der Waals surface area contributed by atoms with Crippen LogP contribution in [0.3, 0.4) is 0 Å². The number of amides is 1. The fraction of sp³-hybridized carbons (Fsp3) is 0.263. The molecule has 0 bridgehead atoms. The van der Waals surface area contributed by atoms with Gasteiger partial charge in [-0.2, -0.15) is 0 Å². The van der Waals surface area contributed by atoms with Gasteiger partial charge in [0, 0.05) is 17.2 Å². The van der Waals surface area contributed by atoms with Crippen LogP contribution < -0.4 is 19.5 Å². The zero-order valence-electron chi connectivity index (χ0n) is 15.1. The van der Waals surface area contributed by atoms with E-state index in [-0.39, 0.29) is 6.42 Å². The monoisotopic (exact) mass is 393 g/mol. The van der Waals surface area contributed by atoms with Gasteiger partial charge >= 0.3 is 5.97 Å². The molecule has 0 aliphatic heterocycles. The van der Waals surface area contributed by atoms with Gasteiger partial charge < -0.3 is 24.6 Å². The van der Waals surface area contributed by atoms with E-state index < -0.39 is 17.9 Å². The van der Waals surface area contributed by atoms with Crippen LogP contribution in [0.4, 0.5) is 0 Å². The summed E-state index contributed by atoms with van der Waals surface area (Å²) >= 11 is 5.98. The van der Waals surface area contributed by atoms with Crippen molar-refractivity contribution in [2.75, 3.05) is 21.3 Å². The van der Waals surface area contributed by atoms with Gasteiger partial charge in [0.05, 0.1) is 38.8 Å². The summed E-state index contributed by atoms with van der Waals surface area (Å²) < 4.78 is 15.6. The molecule has 2 rings (SSSR count). The molecule has 1 atom stereocenters. The quantitative estimate of drug-likeness (QED) is 0.714. The minimum atomic E-state index is -1.06. The molecule has 0 radical (unpaired) electrons. The maximum absolute atomic E-state index is 12.6. The van der Waals surface area contributed by atoms with Crippen molar-refractivity contribution in [1.82, 2.24) is 5.32 Å². The molecule has 2 aromatic rings. The Morgan fingerprint density at radius 2 is 1.74 bits per heavy atom. The van der Waals surface area contributed by atoms with Crippen LogP contribution in [-0.2, 0) is 4.79 Å². The fourth-order valence-corrected chi connectivity index (χ4v) is 2.76. The van der Waals surface area contributed by atoms with E-state index in [0.29, 0.717) is 33.4 Å². The summed E-state index contributed by atoms with van der Waals surface area (Å²) in [6.07, 6.45) is -0.320. The molecule has 0 fully saturated rings. The van der Waals surface area contributed by atoms with E-state index in [1.807, 2.05) is 0 Å². The molecule has 1 unspecified atom stereocenters. The number of carbonyl (C=O) groups is 2. The number of halogens is 1. The molecule has 7 nitrogen and oxygen atoms in total. The fourth-order valence-electron chi connectivity index (χ4n) is 2.56. The van der Waals surface area contributed by atoms with E-state index >= 15 is 0 Å². The zero-order chi connectivity index (χ0) is 20.0. The average molecular weight is 394 g/mol. The summed E-state index contributed by atoms with van der Waals surface area (Å²) in [7, 11) is 4.42. The second kappa shape index (κ2) is 9.14. The van der Waals surface area contributed by atoms with Crippen LogP contribution in [0.15, 0.2) is 36.4 Å². The molecule has 0 saturated heterocycles.